The Labute approximate surface area is 276 Å². The normalized spacial score (nSPS) is 11.7. The molecule has 4 rings (SSSR count). The summed E-state index contributed by atoms with van der Waals surface area (Å²) in [5, 5.41) is 8.90. The van der Waals surface area contributed by atoms with Crippen LogP contribution in [0.5, 0.6) is 0 Å². The number of nitrogens with zero attached hydrogens (tertiary/aromatic N) is 2. The number of esters is 1. The maximum absolute atomic E-state index is 12.5. The molecule has 5 nitrogen and oxygen atoms in total. The number of unbranched alkanes of at least 4 members (excludes halogenated alkanes) is 6. The van der Waals surface area contributed by atoms with E-state index >= 15 is 0 Å². The number of hydrogen-bond acceptors (Lipinski definition) is 3. The SMILES string of the molecule is CC(C)(C)c1ccc(/C=C/c2ccc(C(=O)OCCCCCC[n+]3ccc(-c4cc[n+](CCCCCCO)cc4)cc3)cc2)cc1. The summed E-state index contributed by atoms with van der Waals surface area (Å²) >= 11 is 0. The Hall–Kier alpha value is -4.09. The Balaban J connectivity index is 1.09. The molecule has 0 unspecified atom stereocenters. The van der Waals surface area contributed by atoms with Crippen molar-refractivity contribution in [2.75, 3.05) is 13.2 Å². The zero-order chi connectivity index (χ0) is 32.6. The number of aliphatic hydroxyl groups is 1. The van der Waals surface area contributed by atoms with Gasteiger partial charge in [-0.05, 0) is 77.5 Å². The van der Waals surface area contributed by atoms with Crippen LogP contribution in [-0.2, 0) is 23.2 Å². The molecule has 4 aromatic rings. The summed E-state index contributed by atoms with van der Waals surface area (Å²) in [6.45, 7) is 9.40. The lowest BCUT2D eigenvalue weighted by Crippen LogP contribution is -2.33. The smallest absolute Gasteiger partial charge is 0.338 e. The summed E-state index contributed by atoms with van der Waals surface area (Å²) in [6, 6.07) is 25.0. The molecule has 0 bridgehead atoms. The molecule has 0 radical (unpaired) electrons. The van der Waals surface area contributed by atoms with Gasteiger partial charge < -0.3 is 9.84 Å². The molecule has 46 heavy (non-hydrogen) atoms. The molecule has 1 N–H and O–H groups in total. The molecule has 0 aliphatic rings. The van der Waals surface area contributed by atoms with E-state index in [2.05, 4.69) is 115 Å². The molecule has 0 aliphatic heterocycles. The minimum atomic E-state index is -0.258. The van der Waals surface area contributed by atoms with Crippen LogP contribution in [0, 0.1) is 0 Å². The van der Waals surface area contributed by atoms with Gasteiger partial charge in [0, 0.05) is 43.7 Å². The number of hydrogen-bond donors (Lipinski definition) is 1. The Morgan fingerprint density at radius 3 is 1.57 bits per heavy atom. The van der Waals surface area contributed by atoms with Crippen LogP contribution in [0.15, 0.2) is 97.6 Å². The first-order valence-corrected chi connectivity index (χ1v) is 17.0. The zero-order valence-electron chi connectivity index (χ0n) is 28.0. The van der Waals surface area contributed by atoms with Crippen molar-refractivity contribution in [1.29, 1.82) is 0 Å². The second-order valence-electron chi connectivity index (χ2n) is 13.2. The lowest BCUT2D eigenvalue weighted by atomic mass is 9.87. The van der Waals surface area contributed by atoms with Crippen molar-refractivity contribution in [1.82, 2.24) is 0 Å². The predicted molar refractivity (Wildman–Crippen MR) is 187 cm³/mol. The fourth-order valence-electron chi connectivity index (χ4n) is 5.37. The van der Waals surface area contributed by atoms with Gasteiger partial charge in [-0.3, -0.25) is 0 Å². The van der Waals surface area contributed by atoms with Crippen LogP contribution in [0.1, 0.15) is 99.2 Å². The second kappa shape index (κ2) is 18.2. The van der Waals surface area contributed by atoms with E-state index in [4.69, 9.17) is 9.84 Å². The predicted octanol–water partition coefficient (Wildman–Crippen LogP) is 8.37. The van der Waals surface area contributed by atoms with Crippen LogP contribution in [-0.4, -0.2) is 24.3 Å². The lowest BCUT2D eigenvalue weighted by molar-refractivity contribution is -0.697. The summed E-state index contributed by atoms with van der Waals surface area (Å²) in [5.74, 6) is -0.258. The Morgan fingerprint density at radius 2 is 1.09 bits per heavy atom. The number of aryl methyl sites for hydroxylation is 2. The molecule has 2 aromatic carbocycles. The van der Waals surface area contributed by atoms with E-state index < -0.39 is 0 Å². The number of carbonyl (C=O) groups is 1. The second-order valence-corrected chi connectivity index (χ2v) is 13.2. The highest BCUT2D eigenvalue weighted by Crippen LogP contribution is 2.23. The van der Waals surface area contributed by atoms with E-state index in [0.717, 1.165) is 75.6 Å². The van der Waals surface area contributed by atoms with Gasteiger partial charge in [-0.2, -0.15) is 0 Å². The van der Waals surface area contributed by atoms with E-state index in [9.17, 15) is 4.79 Å². The molecule has 0 saturated heterocycles. The largest absolute Gasteiger partial charge is 0.462 e. The first-order valence-electron chi connectivity index (χ1n) is 17.0. The Morgan fingerprint density at radius 1 is 0.630 bits per heavy atom. The fraction of sp³-hybridized carbons (Fsp3) is 0.390. The van der Waals surface area contributed by atoms with Gasteiger partial charge in [-0.15, -0.1) is 0 Å². The number of carbonyl (C=O) groups excluding carboxylic acids is 1. The van der Waals surface area contributed by atoms with Gasteiger partial charge in [0.15, 0.2) is 24.8 Å². The molecule has 0 amide bonds. The summed E-state index contributed by atoms with van der Waals surface area (Å²) in [6.07, 6.45) is 21.2. The van der Waals surface area contributed by atoms with Gasteiger partial charge in [-0.1, -0.05) is 75.7 Å². The number of aromatic nitrogens is 2. The van der Waals surface area contributed by atoms with Crippen LogP contribution < -0.4 is 9.13 Å². The third-order valence-electron chi connectivity index (χ3n) is 8.38. The molecule has 242 valence electrons. The quantitative estimate of drug-likeness (QED) is 0.0559. The monoisotopic (exact) mass is 620 g/mol. The number of benzene rings is 2. The molecule has 0 saturated carbocycles. The molecule has 2 aromatic heterocycles. The molecule has 0 aliphatic carbocycles. The molecule has 0 spiro atoms. The first kappa shape index (κ1) is 34.8. The van der Waals surface area contributed by atoms with Crippen molar-refractivity contribution >= 4 is 18.1 Å². The average Bonchev–Trinajstić information content (AvgIpc) is 3.07. The average molecular weight is 621 g/mol. The van der Waals surface area contributed by atoms with Crippen molar-refractivity contribution in [2.24, 2.45) is 0 Å². The molecule has 5 heteroatoms. The maximum Gasteiger partial charge on any atom is 0.338 e. The van der Waals surface area contributed by atoms with Gasteiger partial charge in [0.2, 0.25) is 0 Å². The minimum absolute atomic E-state index is 0.149. The summed E-state index contributed by atoms with van der Waals surface area (Å²) in [4.78, 5) is 12.5. The van der Waals surface area contributed by atoms with E-state index in [1.54, 1.807) is 0 Å². The summed E-state index contributed by atoms with van der Waals surface area (Å²) in [5.41, 5.74) is 6.72. The van der Waals surface area contributed by atoms with E-state index in [0.29, 0.717) is 18.8 Å². The number of aliphatic hydroxyl groups excluding tert-OH is 1. The molecule has 0 atom stereocenters. The highest BCUT2D eigenvalue weighted by atomic mass is 16.5. The number of rotatable bonds is 17. The fourth-order valence-corrected chi connectivity index (χ4v) is 5.37. The van der Waals surface area contributed by atoms with Gasteiger partial charge in [-0.25, -0.2) is 13.9 Å². The van der Waals surface area contributed by atoms with Crippen molar-refractivity contribution in [3.63, 3.8) is 0 Å². The number of ether oxygens (including phenoxy) is 1. The van der Waals surface area contributed by atoms with E-state index in [1.165, 1.54) is 16.7 Å². The molecule has 2 heterocycles. The Bertz CT molecular complexity index is 1480. The minimum Gasteiger partial charge on any atom is -0.462 e. The lowest BCUT2D eigenvalue weighted by Gasteiger charge is -2.18. The van der Waals surface area contributed by atoms with Gasteiger partial charge in [0.1, 0.15) is 13.1 Å². The van der Waals surface area contributed by atoms with Crippen molar-refractivity contribution in [2.45, 2.75) is 90.6 Å². The van der Waals surface area contributed by atoms with Crippen LogP contribution in [0.3, 0.4) is 0 Å². The molecule has 0 fully saturated rings. The standard InChI is InChI=1S/C41H52N2O3/c1-41(2,3)39-20-16-35(17-21-39)13-12-34-14-18-38(19-15-34)40(45)46-33-11-7-5-9-27-43-30-24-37(25-31-43)36-22-28-42(29-23-36)26-8-4-6-10-32-44/h12-25,28-31,44H,4-11,26-27,32-33H2,1-3H3/q+2/b13-12+. The summed E-state index contributed by atoms with van der Waals surface area (Å²) in [7, 11) is 0. The third-order valence-corrected chi connectivity index (χ3v) is 8.38. The number of pyridine rings is 2. The molecular formula is C41H52N2O3+2. The van der Waals surface area contributed by atoms with Gasteiger partial charge in [0.05, 0.1) is 12.2 Å². The van der Waals surface area contributed by atoms with Gasteiger partial charge in [0.25, 0.3) is 0 Å². The third kappa shape index (κ3) is 11.7. The topological polar surface area (TPSA) is 54.3 Å². The van der Waals surface area contributed by atoms with Crippen LogP contribution in [0.4, 0.5) is 0 Å². The summed E-state index contributed by atoms with van der Waals surface area (Å²) < 4.78 is 9.99. The van der Waals surface area contributed by atoms with Crippen molar-refractivity contribution in [3.05, 3.63) is 120 Å². The molecular weight excluding hydrogens is 568 g/mol. The van der Waals surface area contributed by atoms with Gasteiger partial charge >= 0.3 is 5.97 Å². The highest BCUT2D eigenvalue weighted by molar-refractivity contribution is 5.89. The zero-order valence-corrected chi connectivity index (χ0v) is 28.0. The van der Waals surface area contributed by atoms with Crippen molar-refractivity contribution in [3.8, 4) is 11.1 Å². The van der Waals surface area contributed by atoms with Crippen LogP contribution in [0.2, 0.25) is 0 Å². The maximum atomic E-state index is 12.5. The van der Waals surface area contributed by atoms with Crippen molar-refractivity contribution < 1.29 is 23.8 Å². The van der Waals surface area contributed by atoms with E-state index in [1.807, 2.05) is 24.3 Å². The first-order chi connectivity index (χ1) is 22.3. The highest BCUT2D eigenvalue weighted by Gasteiger charge is 2.12. The van der Waals surface area contributed by atoms with Crippen LogP contribution >= 0.6 is 0 Å². The Kier molecular flexibility index (Phi) is 13.7. The van der Waals surface area contributed by atoms with Crippen LogP contribution in [0.25, 0.3) is 23.3 Å². The van der Waals surface area contributed by atoms with E-state index in [-0.39, 0.29) is 11.4 Å².